The fourth-order valence-corrected chi connectivity index (χ4v) is 13.5. The van der Waals surface area contributed by atoms with E-state index >= 15 is 0 Å². The Labute approximate surface area is 521 Å². The van der Waals surface area contributed by atoms with Gasteiger partial charge in [-0.2, -0.15) is 0 Å². The zero-order valence-electron chi connectivity index (χ0n) is 49.0. The second-order valence-corrected chi connectivity index (χ2v) is 22.9. The van der Waals surface area contributed by atoms with E-state index in [9.17, 15) is 0 Å². The molecule has 0 unspecified atom stereocenters. The van der Waals surface area contributed by atoms with E-state index in [-0.39, 0.29) is 0 Å². The number of para-hydroxylation sites is 6. The molecule has 0 saturated carbocycles. The van der Waals surface area contributed by atoms with Crippen molar-refractivity contribution in [3.63, 3.8) is 0 Å². The van der Waals surface area contributed by atoms with E-state index in [4.69, 9.17) is 9.97 Å². The highest BCUT2D eigenvalue weighted by atomic mass is 15.2. The van der Waals surface area contributed by atoms with Gasteiger partial charge in [0.15, 0.2) is 0 Å². The van der Waals surface area contributed by atoms with Gasteiger partial charge in [0, 0.05) is 78.2 Å². The van der Waals surface area contributed by atoms with Gasteiger partial charge in [0.25, 0.3) is 0 Å². The Hall–Kier alpha value is -12.1. The first-order valence-corrected chi connectivity index (χ1v) is 30.6. The maximum absolute atomic E-state index is 5.63. The van der Waals surface area contributed by atoms with Crippen molar-refractivity contribution >= 4 is 99.3 Å². The van der Waals surface area contributed by atoms with Crippen LogP contribution in [0.2, 0.25) is 0 Å². The average Bonchev–Trinajstić information content (AvgIpc) is 1.54. The number of rotatable bonds is 12. The molecule has 0 N–H and O–H groups in total. The van der Waals surface area contributed by atoms with Crippen LogP contribution in [0.5, 0.6) is 0 Å². The molecule has 0 bridgehead atoms. The van der Waals surface area contributed by atoms with Crippen molar-refractivity contribution in [2.45, 2.75) is 0 Å². The second-order valence-electron chi connectivity index (χ2n) is 22.9. The molecule has 6 heteroatoms. The van der Waals surface area contributed by atoms with Crippen LogP contribution < -0.4 is 9.80 Å². The number of aromatic nitrogens is 4. The van der Waals surface area contributed by atoms with Gasteiger partial charge < -0.3 is 9.80 Å². The van der Waals surface area contributed by atoms with Crippen LogP contribution in [0, 0.1) is 0 Å². The normalized spacial score (nSPS) is 11.6. The smallest absolute Gasteiger partial charge is 0.145 e. The second kappa shape index (κ2) is 22.0. The summed E-state index contributed by atoms with van der Waals surface area (Å²) in [6.45, 7) is 0. The molecule has 0 fully saturated rings. The molecule has 0 atom stereocenters. The number of imidazole rings is 2. The summed E-state index contributed by atoms with van der Waals surface area (Å²) in [6.07, 6.45) is 0. The molecule has 0 amide bonds. The van der Waals surface area contributed by atoms with Crippen LogP contribution in [0.1, 0.15) is 0 Å². The summed E-state index contributed by atoms with van der Waals surface area (Å²) in [4.78, 5) is 15.8. The van der Waals surface area contributed by atoms with Gasteiger partial charge in [-0.25, -0.2) is 9.97 Å². The summed E-state index contributed by atoms with van der Waals surface area (Å²) < 4.78 is 4.73. The number of anilines is 6. The number of nitrogens with zero attached hydrogens (tertiary/aromatic N) is 6. The highest BCUT2D eigenvalue weighted by molar-refractivity contribution is 6.26. The lowest BCUT2D eigenvalue weighted by Crippen LogP contribution is -2.09. The molecule has 17 rings (SSSR count). The summed E-state index contributed by atoms with van der Waals surface area (Å²) in [5.74, 6) is 1.77. The number of hydrogen-bond donors (Lipinski definition) is 0. The summed E-state index contributed by atoms with van der Waals surface area (Å²) in [5, 5.41) is 9.17. The van der Waals surface area contributed by atoms with E-state index in [1.54, 1.807) is 0 Å². The van der Waals surface area contributed by atoms with Crippen LogP contribution >= 0.6 is 0 Å². The fraction of sp³-hybridized carbons (Fsp3) is 0. The molecule has 90 heavy (non-hydrogen) atoms. The van der Waals surface area contributed by atoms with Crippen molar-refractivity contribution in [2.75, 3.05) is 9.80 Å². The lowest BCUT2D eigenvalue weighted by molar-refractivity contribution is 1.11. The van der Waals surface area contributed by atoms with E-state index in [1.807, 2.05) is 0 Å². The first-order valence-electron chi connectivity index (χ1n) is 30.6. The molecule has 2 heterocycles. The van der Waals surface area contributed by atoms with Crippen LogP contribution in [0.15, 0.2) is 340 Å². The molecule has 6 nitrogen and oxygen atoms in total. The van der Waals surface area contributed by atoms with Crippen molar-refractivity contribution in [3.8, 4) is 56.4 Å². The van der Waals surface area contributed by atoms with Crippen molar-refractivity contribution in [3.05, 3.63) is 340 Å². The van der Waals surface area contributed by atoms with Gasteiger partial charge in [0.05, 0.1) is 22.1 Å². The Morgan fingerprint density at radius 1 is 0.200 bits per heavy atom. The van der Waals surface area contributed by atoms with Gasteiger partial charge >= 0.3 is 0 Å². The van der Waals surface area contributed by atoms with E-state index in [0.717, 1.165) is 145 Å². The summed E-state index contributed by atoms with van der Waals surface area (Å²) in [5.41, 5.74) is 19.4. The van der Waals surface area contributed by atoms with Gasteiger partial charge in [0.2, 0.25) is 0 Å². The molecule has 2 aromatic heterocycles. The summed E-state index contributed by atoms with van der Waals surface area (Å²) in [6, 6.07) is 122. The third-order valence-corrected chi connectivity index (χ3v) is 17.7. The Balaban J connectivity index is 0.779. The van der Waals surface area contributed by atoms with Crippen molar-refractivity contribution in [2.24, 2.45) is 0 Å². The van der Waals surface area contributed by atoms with Crippen molar-refractivity contribution in [1.29, 1.82) is 0 Å². The minimum absolute atomic E-state index is 0.884. The highest BCUT2D eigenvalue weighted by Gasteiger charge is 2.24. The molecular formula is C84H56N6. The van der Waals surface area contributed by atoms with Gasteiger partial charge in [0.1, 0.15) is 11.6 Å². The quantitative estimate of drug-likeness (QED) is 0.114. The minimum atomic E-state index is 0.884. The molecule has 0 saturated heterocycles. The van der Waals surface area contributed by atoms with Crippen molar-refractivity contribution in [1.82, 2.24) is 19.1 Å². The Morgan fingerprint density at radius 3 is 0.822 bits per heavy atom. The lowest BCUT2D eigenvalue weighted by atomic mass is 9.93. The summed E-state index contributed by atoms with van der Waals surface area (Å²) >= 11 is 0. The van der Waals surface area contributed by atoms with Crippen LogP contribution in [0.3, 0.4) is 0 Å². The number of fused-ring (bicyclic) bond motifs is 12. The molecular weight excluding hydrogens is 1090 g/mol. The maximum atomic E-state index is 5.63. The molecule has 0 aliphatic heterocycles. The van der Waals surface area contributed by atoms with Gasteiger partial charge in [-0.15, -0.1) is 0 Å². The van der Waals surface area contributed by atoms with Gasteiger partial charge in [-0.05, 0) is 165 Å². The first-order chi connectivity index (χ1) is 44.7. The lowest BCUT2D eigenvalue weighted by Gasteiger charge is -2.25. The standard InChI is InChI=1S/C84H56N6/c1-7-23-63(24-8-1)87(64-25-9-2-10-26-64)69-49-43-58(44-50-69)57-39-41-59(42-40-57)83-85-79-73-37-21-19-35-71(73)77-55-61(47-53-75(77)81(79)89(83)67-31-15-5-16-32-67)62-48-54-76-78(56-62)72-36-20-22-38-74(72)80-82(76)90(68-33-17-6-18-34-68)84(86-80)60-45-51-70(52-46-60)88(65-27-11-3-12-28-65)66-29-13-4-14-30-66/h1-56H. The minimum Gasteiger partial charge on any atom is -0.311 e. The average molecular weight is 1150 g/mol. The molecule has 15 aromatic carbocycles. The van der Waals surface area contributed by atoms with E-state index in [0.29, 0.717) is 0 Å². The van der Waals surface area contributed by atoms with Crippen LogP contribution in [0.4, 0.5) is 34.1 Å². The molecule has 0 radical (unpaired) electrons. The Bertz CT molecular complexity index is 5400. The molecule has 422 valence electrons. The van der Waals surface area contributed by atoms with E-state index < -0.39 is 0 Å². The number of benzene rings is 15. The zero-order chi connectivity index (χ0) is 59.5. The molecule has 0 spiro atoms. The monoisotopic (exact) mass is 1150 g/mol. The number of hydrogen-bond acceptors (Lipinski definition) is 4. The topological polar surface area (TPSA) is 42.1 Å². The fourth-order valence-electron chi connectivity index (χ4n) is 13.5. The molecule has 0 aliphatic rings. The van der Waals surface area contributed by atoms with Crippen LogP contribution in [-0.2, 0) is 0 Å². The molecule has 0 aliphatic carbocycles. The van der Waals surface area contributed by atoms with E-state index in [2.05, 4.69) is 359 Å². The third kappa shape index (κ3) is 8.96. The summed E-state index contributed by atoms with van der Waals surface area (Å²) in [7, 11) is 0. The predicted molar refractivity (Wildman–Crippen MR) is 377 cm³/mol. The predicted octanol–water partition coefficient (Wildman–Crippen LogP) is 22.6. The van der Waals surface area contributed by atoms with Crippen molar-refractivity contribution < 1.29 is 0 Å². The first kappa shape index (κ1) is 52.2. The SMILES string of the molecule is c1ccc(N(c2ccccc2)c2ccc(-c3ccc(-c4nc5c6ccccc6c6cc(-c7ccc8c(c7)c7ccccc7c7nc(-c9ccc(N(c%10ccccc%10)c%10ccccc%10)cc9)n(-c9ccccc9)c87)ccc6c5n4-c4ccccc4)cc3)cc2)cc1. The highest BCUT2D eigenvalue weighted by Crippen LogP contribution is 2.45. The van der Waals surface area contributed by atoms with Crippen LogP contribution in [0.25, 0.3) is 122 Å². The van der Waals surface area contributed by atoms with E-state index in [1.165, 1.54) is 10.8 Å². The Kier molecular flexibility index (Phi) is 12.8. The van der Waals surface area contributed by atoms with Crippen LogP contribution in [-0.4, -0.2) is 19.1 Å². The third-order valence-electron chi connectivity index (χ3n) is 17.7. The van der Waals surface area contributed by atoms with Gasteiger partial charge in [-0.3, -0.25) is 9.13 Å². The van der Waals surface area contributed by atoms with Gasteiger partial charge in [-0.1, -0.05) is 218 Å². The zero-order valence-corrected chi connectivity index (χ0v) is 49.0. The Morgan fingerprint density at radius 2 is 0.467 bits per heavy atom. The maximum Gasteiger partial charge on any atom is 0.145 e. The molecule has 17 aromatic rings. The largest absolute Gasteiger partial charge is 0.311 e.